The highest BCUT2D eigenvalue weighted by Gasteiger charge is 2.29. The highest BCUT2D eigenvalue weighted by atomic mass is 16.6. The van der Waals surface area contributed by atoms with Crippen molar-refractivity contribution >= 4 is 0 Å². The van der Waals surface area contributed by atoms with Crippen molar-refractivity contribution in [3.05, 3.63) is 24.3 Å². The second kappa shape index (κ2) is 5.80. The summed E-state index contributed by atoms with van der Waals surface area (Å²) in [6.45, 7) is 2.55. The Balaban J connectivity index is 1.58. The molecule has 2 unspecified atom stereocenters. The Morgan fingerprint density at radius 2 is 1.95 bits per heavy atom. The fraction of sp³-hybridized carbons (Fsp3) is 0.600. The Morgan fingerprint density at radius 3 is 2.74 bits per heavy atom. The Labute approximate surface area is 113 Å². The molecule has 104 valence electrons. The van der Waals surface area contributed by atoms with E-state index in [1.165, 1.54) is 0 Å². The highest BCUT2D eigenvalue weighted by Crippen LogP contribution is 2.32. The van der Waals surface area contributed by atoms with Crippen molar-refractivity contribution in [1.29, 1.82) is 0 Å². The lowest BCUT2D eigenvalue weighted by Gasteiger charge is -2.32. The van der Waals surface area contributed by atoms with Crippen LogP contribution in [0.15, 0.2) is 24.3 Å². The molecular formula is C15H21NO3. The van der Waals surface area contributed by atoms with Crippen LogP contribution in [-0.2, 0) is 0 Å². The summed E-state index contributed by atoms with van der Waals surface area (Å²) in [5.41, 5.74) is 0. The number of rotatable bonds is 3. The maximum atomic E-state index is 10.3. The zero-order valence-corrected chi connectivity index (χ0v) is 11.0. The number of para-hydroxylation sites is 2. The molecule has 1 saturated heterocycles. The van der Waals surface area contributed by atoms with E-state index in [0.717, 1.165) is 43.9 Å². The fourth-order valence-electron chi connectivity index (χ4n) is 2.84. The minimum Gasteiger partial charge on any atom is -0.486 e. The quantitative estimate of drug-likeness (QED) is 0.869. The van der Waals surface area contributed by atoms with Crippen molar-refractivity contribution in [3.8, 4) is 11.5 Å². The summed E-state index contributed by atoms with van der Waals surface area (Å²) < 4.78 is 11.5. The van der Waals surface area contributed by atoms with Crippen LogP contribution in [-0.4, -0.2) is 37.0 Å². The van der Waals surface area contributed by atoms with Gasteiger partial charge in [-0.05, 0) is 50.4 Å². The molecule has 4 heteroatoms. The molecule has 0 radical (unpaired) electrons. The van der Waals surface area contributed by atoms with Crippen LogP contribution < -0.4 is 14.8 Å². The van der Waals surface area contributed by atoms with E-state index < -0.39 is 6.10 Å². The molecule has 2 N–H and O–H groups in total. The average Bonchev–Trinajstić information content (AvgIpc) is 2.48. The van der Waals surface area contributed by atoms with Crippen LogP contribution >= 0.6 is 0 Å². The van der Waals surface area contributed by atoms with Crippen molar-refractivity contribution in [1.82, 2.24) is 5.32 Å². The van der Waals surface area contributed by atoms with E-state index >= 15 is 0 Å². The number of hydrogen-bond donors (Lipinski definition) is 2. The molecule has 0 aliphatic carbocycles. The highest BCUT2D eigenvalue weighted by molar-refractivity contribution is 5.40. The van der Waals surface area contributed by atoms with E-state index in [0.29, 0.717) is 12.5 Å². The van der Waals surface area contributed by atoms with Crippen molar-refractivity contribution in [2.24, 2.45) is 5.92 Å². The van der Waals surface area contributed by atoms with Crippen LogP contribution in [0.1, 0.15) is 19.3 Å². The first-order valence-electron chi connectivity index (χ1n) is 7.10. The molecule has 1 aromatic carbocycles. The first-order valence-corrected chi connectivity index (χ1v) is 7.10. The molecule has 3 rings (SSSR count). The normalized spacial score (nSPS) is 25.0. The van der Waals surface area contributed by atoms with E-state index in [1.54, 1.807) is 0 Å². The monoisotopic (exact) mass is 263 g/mol. The van der Waals surface area contributed by atoms with Crippen LogP contribution in [0.25, 0.3) is 0 Å². The lowest BCUT2D eigenvalue weighted by molar-refractivity contribution is -0.0224. The predicted octanol–water partition coefficient (Wildman–Crippen LogP) is 1.58. The SMILES string of the molecule is OC(CC1CCNCC1)C1COc2ccccc2O1. The maximum absolute atomic E-state index is 10.3. The molecule has 2 aliphatic heterocycles. The lowest BCUT2D eigenvalue weighted by atomic mass is 9.90. The van der Waals surface area contributed by atoms with Gasteiger partial charge in [-0.2, -0.15) is 0 Å². The van der Waals surface area contributed by atoms with Gasteiger partial charge in [0.05, 0.1) is 6.10 Å². The van der Waals surface area contributed by atoms with E-state index in [4.69, 9.17) is 9.47 Å². The topological polar surface area (TPSA) is 50.7 Å². The molecule has 0 bridgehead atoms. The molecule has 0 aromatic heterocycles. The van der Waals surface area contributed by atoms with Gasteiger partial charge >= 0.3 is 0 Å². The van der Waals surface area contributed by atoms with Crippen molar-refractivity contribution in [3.63, 3.8) is 0 Å². The summed E-state index contributed by atoms with van der Waals surface area (Å²) in [5, 5.41) is 13.7. The van der Waals surface area contributed by atoms with Gasteiger partial charge < -0.3 is 19.9 Å². The van der Waals surface area contributed by atoms with Crippen LogP contribution in [0.2, 0.25) is 0 Å². The summed E-state index contributed by atoms with van der Waals surface area (Å²) in [6.07, 6.45) is 2.39. The van der Waals surface area contributed by atoms with Gasteiger partial charge in [0.2, 0.25) is 0 Å². The minimum atomic E-state index is -0.448. The fourth-order valence-corrected chi connectivity index (χ4v) is 2.84. The maximum Gasteiger partial charge on any atom is 0.161 e. The third kappa shape index (κ3) is 3.01. The average molecular weight is 263 g/mol. The number of fused-ring (bicyclic) bond motifs is 1. The molecule has 1 aromatic rings. The molecule has 0 spiro atoms. The molecule has 1 fully saturated rings. The Morgan fingerprint density at radius 1 is 1.21 bits per heavy atom. The number of aliphatic hydroxyl groups is 1. The van der Waals surface area contributed by atoms with Crippen LogP contribution in [0, 0.1) is 5.92 Å². The van der Waals surface area contributed by atoms with Gasteiger partial charge in [-0.3, -0.25) is 0 Å². The van der Waals surface area contributed by atoms with Gasteiger partial charge in [-0.25, -0.2) is 0 Å². The van der Waals surface area contributed by atoms with Crippen molar-refractivity contribution < 1.29 is 14.6 Å². The number of aliphatic hydroxyl groups excluding tert-OH is 1. The summed E-state index contributed by atoms with van der Waals surface area (Å²) in [4.78, 5) is 0. The van der Waals surface area contributed by atoms with Gasteiger partial charge in [0.15, 0.2) is 17.6 Å². The summed E-state index contributed by atoms with van der Waals surface area (Å²) in [5.74, 6) is 2.10. The molecule has 4 nitrogen and oxygen atoms in total. The molecule has 19 heavy (non-hydrogen) atoms. The molecule has 2 heterocycles. The first kappa shape index (κ1) is 12.8. The number of hydrogen-bond acceptors (Lipinski definition) is 4. The molecular weight excluding hydrogens is 242 g/mol. The molecule has 0 amide bonds. The van der Waals surface area contributed by atoms with Crippen LogP contribution in [0.3, 0.4) is 0 Å². The van der Waals surface area contributed by atoms with Crippen LogP contribution in [0.4, 0.5) is 0 Å². The second-order valence-corrected chi connectivity index (χ2v) is 5.41. The van der Waals surface area contributed by atoms with E-state index in [1.807, 2.05) is 24.3 Å². The minimum absolute atomic E-state index is 0.246. The standard InChI is InChI=1S/C15H21NO3/c17-12(9-11-5-7-16-8-6-11)15-10-18-13-3-1-2-4-14(13)19-15/h1-4,11-12,15-17H,5-10H2. The smallest absolute Gasteiger partial charge is 0.161 e. The van der Waals surface area contributed by atoms with Gasteiger partial charge in [0, 0.05) is 0 Å². The zero-order valence-electron chi connectivity index (χ0n) is 11.0. The third-order valence-corrected chi connectivity index (χ3v) is 3.99. The number of nitrogens with one attached hydrogen (secondary N) is 1. The third-order valence-electron chi connectivity index (χ3n) is 3.99. The van der Waals surface area contributed by atoms with E-state index in [2.05, 4.69) is 5.32 Å². The predicted molar refractivity (Wildman–Crippen MR) is 72.6 cm³/mol. The summed E-state index contributed by atoms with van der Waals surface area (Å²) in [6, 6.07) is 7.63. The van der Waals surface area contributed by atoms with E-state index in [9.17, 15) is 5.11 Å². The second-order valence-electron chi connectivity index (χ2n) is 5.41. The van der Waals surface area contributed by atoms with Gasteiger partial charge in [0.1, 0.15) is 6.61 Å². The number of piperidine rings is 1. The molecule has 2 atom stereocenters. The largest absolute Gasteiger partial charge is 0.486 e. The van der Waals surface area contributed by atoms with Gasteiger partial charge in [-0.1, -0.05) is 12.1 Å². The van der Waals surface area contributed by atoms with Crippen molar-refractivity contribution in [2.75, 3.05) is 19.7 Å². The van der Waals surface area contributed by atoms with Gasteiger partial charge in [0.25, 0.3) is 0 Å². The Kier molecular flexibility index (Phi) is 3.89. The summed E-state index contributed by atoms with van der Waals surface area (Å²) in [7, 11) is 0. The zero-order chi connectivity index (χ0) is 13.1. The Hall–Kier alpha value is -1.26. The van der Waals surface area contributed by atoms with Gasteiger partial charge in [-0.15, -0.1) is 0 Å². The Bertz CT molecular complexity index is 418. The lowest BCUT2D eigenvalue weighted by Crippen LogP contribution is -2.41. The van der Waals surface area contributed by atoms with Crippen molar-refractivity contribution in [2.45, 2.75) is 31.5 Å². The summed E-state index contributed by atoms with van der Waals surface area (Å²) >= 11 is 0. The van der Waals surface area contributed by atoms with Crippen LogP contribution in [0.5, 0.6) is 11.5 Å². The number of benzene rings is 1. The molecule has 0 saturated carbocycles. The molecule has 2 aliphatic rings. The van der Waals surface area contributed by atoms with E-state index in [-0.39, 0.29) is 6.10 Å². The first-order chi connectivity index (χ1) is 9.33. The number of ether oxygens (including phenoxy) is 2.